The number of nitrogens with zero attached hydrogens (tertiary/aromatic N) is 3. The van der Waals surface area contributed by atoms with Gasteiger partial charge in [0.15, 0.2) is 11.2 Å². The zero-order valence-electron chi connectivity index (χ0n) is 13.4. The van der Waals surface area contributed by atoms with Gasteiger partial charge < -0.3 is 9.40 Å². The van der Waals surface area contributed by atoms with Crippen LogP contribution in [-0.2, 0) is 0 Å². The fraction of sp³-hybridized carbons (Fsp3) is 0.0556. The van der Waals surface area contributed by atoms with Crippen molar-refractivity contribution in [2.24, 2.45) is 0 Å². The van der Waals surface area contributed by atoms with Crippen molar-refractivity contribution in [2.75, 3.05) is 0 Å². The third kappa shape index (κ3) is 2.22. The quantitative estimate of drug-likeness (QED) is 0.438. The predicted molar refractivity (Wildman–Crippen MR) is 93.7 cm³/mol. The fourth-order valence-corrected chi connectivity index (χ4v) is 2.87. The molecule has 0 amide bonds. The summed E-state index contributed by atoms with van der Waals surface area (Å²) in [6, 6.07) is 11.3. The van der Waals surface area contributed by atoms with Crippen LogP contribution in [-0.4, -0.2) is 14.9 Å². The summed E-state index contributed by atoms with van der Waals surface area (Å²) in [6.07, 6.45) is 0. The Labute approximate surface area is 145 Å². The molecule has 3 aromatic heterocycles. The van der Waals surface area contributed by atoms with Gasteiger partial charge in [0.25, 0.3) is 11.2 Å². The van der Waals surface area contributed by atoms with Crippen LogP contribution in [0.4, 0.5) is 5.69 Å². The smallest absolute Gasteiger partial charge is 0.269 e. The van der Waals surface area contributed by atoms with E-state index in [2.05, 4.69) is 9.97 Å². The molecule has 26 heavy (non-hydrogen) atoms. The van der Waals surface area contributed by atoms with Crippen LogP contribution in [0.15, 0.2) is 45.6 Å². The van der Waals surface area contributed by atoms with Crippen molar-refractivity contribution in [2.45, 2.75) is 6.92 Å². The van der Waals surface area contributed by atoms with Crippen LogP contribution < -0.4 is 5.56 Å². The maximum atomic E-state index is 12.1. The zero-order valence-corrected chi connectivity index (χ0v) is 13.4. The first kappa shape index (κ1) is 15.5. The number of non-ortho nitro benzene ring substituents is 1. The molecule has 0 radical (unpaired) electrons. The minimum absolute atomic E-state index is 0.00662. The number of nitriles is 1. The Morgan fingerprint density at radius 2 is 1.96 bits per heavy atom. The second kappa shape index (κ2) is 5.53. The molecule has 0 aliphatic heterocycles. The topological polar surface area (TPSA) is 126 Å². The average molecular weight is 346 g/mol. The zero-order chi connectivity index (χ0) is 18.4. The third-order valence-electron chi connectivity index (χ3n) is 4.20. The summed E-state index contributed by atoms with van der Waals surface area (Å²) in [4.78, 5) is 29.6. The number of nitro groups is 1. The number of H-pyrrole nitrogens is 1. The molecule has 0 unspecified atom stereocenters. The van der Waals surface area contributed by atoms with Crippen LogP contribution in [0.5, 0.6) is 0 Å². The summed E-state index contributed by atoms with van der Waals surface area (Å²) in [5, 5.41) is 19.9. The number of fused-ring (bicyclic) bond motifs is 3. The fourth-order valence-electron chi connectivity index (χ4n) is 2.87. The van der Waals surface area contributed by atoms with E-state index in [0.29, 0.717) is 39.0 Å². The van der Waals surface area contributed by atoms with E-state index in [-0.39, 0.29) is 11.3 Å². The van der Waals surface area contributed by atoms with E-state index in [4.69, 9.17) is 9.68 Å². The maximum Gasteiger partial charge on any atom is 0.269 e. The van der Waals surface area contributed by atoms with Gasteiger partial charge in [-0.15, -0.1) is 0 Å². The van der Waals surface area contributed by atoms with E-state index in [1.54, 1.807) is 31.2 Å². The van der Waals surface area contributed by atoms with Gasteiger partial charge in [0.1, 0.15) is 22.7 Å². The minimum Gasteiger partial charge on any atom is -0.452 e. The lowest BCUT2D eigenvalue weighted by molar-refractivity contribution is -0.384. The first-order chi connectivity index (χ1) is 12.5. The second-order valence-electron chi connectivity index (χ2n) is 5.72. The van der Waals surface area contributed by atoms with Gasteiger partial charge in [-0.3, -0.25) is 14.9 Å². The van der Waals surface area contributed by atoms with E-state index < -0.39 is 10.5 Å². The van der Waals surface area contributed by atoms with Gasteiger partial charge in [0, 0.05) is 23.3 Å². The molecule has 8 heteroatoms. The number of pyridine rings is 2. The van der Waals surface area contributed by atoms with Crippen molar-refractivity contribution in [1.82, 2.24) is 9.97 Å². The monoisotopic (exact) mass is 346 g/mol. The van der Waals surface area contributed by atoms with Crippen LogP contribution in [0.25, 0.3) is 33.5 Å². The Bertz CT molecular complexity index is 1290. The number of nitro benzene ring substituents is 1. The Balaban J connectivity index is 1.95. The Kier molecular flexibility index (Phi) is 3.30. The number of benzene rings is 1. The van der Waals surface area contributed by atoms with Gasteiger partial charge in [-0.05, 0) is 31.2 Å². The minimum atomic E-state index is -0.497. The first-order valence-corrected chi connectivity index (χ1v) is 7.60. The van der Waals surface area contributed by atoms with Gasteiger partial charge in [-0.2, -0.15) is 5.26 Å². The summed E-state index contributed by atoms with van der Waals surface area (Å²) in [7, 11) is 0. The summed E-state index contributed by atoms with van der Waals surface area (Å²) >= 11 is 0. The molecule has 126 valence electrons. The molecule has 0 saturated heterocycles. The molecule has 4 aromatic rings. The number of hydrogen-bond donors (Lipinski definition) is 1. The van der Waals surface area contributed by atoms with Crippen molar-refractivity contribution in [3.05, 3.63) is 68.0 Å². The normalized spacial score (nSPS) is 10.9. The van der Waals surface area contributed by atoms with Crippen molar-refractivity contribution < 1.29 is 9.34 Å². The van der Waals surface area contributed by atoms with Crippen molar-refractivity contribution in [3.8, 4) is 17.3 Å². The first-order valence-electron chi connectivity index (χ1n) is 7.60. The largest absolute Gasteiger partial charge is 0.452 e. The van der Waals surface area contributed by atoms with E-state index >= 15 is 0 Å². The summed E-state index contributed by atoms with van der Waals surface area (Å²) in [5.41, 5.74) is 3.00. The number of hydrogen-bond acceptors (Lipinski definition) is 6. The molecule has 8 nitrogen and oxygen atoms in total. The lowest BCUT2D eigenvalue weighted by Crippen LogP contribution is -2.11. The molecular weight excluding hydrogens is 336 g/mol. The molecule has 1 N–H and O–H groups in total. The van der Waals surface area contributed by atoms with E-state index in [1.165, 1.54) is 12.1 Å². The average Bonchev–Trinajstić information content (AvgIpc) is 3.00. The van der Waals surface area contributed by atoms with Gasteiger partial charge in [0.2, 0.25) is 0 Å². The molecule has 0 aliphatic rings. The highest BCUT2D eigenvalue weighted by molar-refractivity contribution is 6.01. The van der Waals surface area contributed by atoms with Crippen LogP contribution in [0.1, 0.15) is 11.1 Å². The van der Waals surface area contributed by atoms with Crippen LogP contribution >= 0.6 is 0 Å². The van der Waals surface area contributed by atoms with E-state index in [0.717, 1.165) is 0 Å². The highest BCUT2D eigenvalue weighted by Crippen LogP contribution is 2.30. The highest BCUT2D eigenvalue weighted by Gasteiger charge is 2.17. The number of furan rings is 1. The van der Waals surface area contributed by atoms with E-state index in [9.17, 15) is 14.9 Å². The van der Waals surface area contributed by atoms with E-state index in [1.807, 2.05) is 6.07 Å². The molecule has 0 fully saturated rings. The predicted octanol–water partition coefficient (Wildman–Crippen LogP) is 3.42. The lowest BCUT2D eigenvalue weighted by atomic mass is 10.1. The maximum absolute atomic E-state index is 12.1. The SMILES string of the molecule is Cc1c(C#N)c(=O)[nH]c2c1oc1ccc(-c3ccc([N+](=O)[O-])cc3)nc12. The number of aromatic nitrogens is 2. The standard InChI is InChI=1S/C18H10N4O4/c1-9-12(8-19)18(23)21-16-15-14(26-17(9)16)7-6-13(20-15)10-2-4-11(5-3-10)22(24)25/h2-7H,1H3,(H,21,23). The number of aromatic amines is 1. The summed E-state index contributed by atoms with van der Waals surface area (Å²) < 4.78 is 5.75. The molecule has 0 saturated carbocycles. The Morgan fingerprint density at radius 3 is 2.62 bits per heavy atom. The third-order valence-corrected chi connectivity index (χ3v) is 4.20. The molecule has 0 spiro atoms. The molecule has 0 atom stereocenters. The van der Waals surface area contributed by atoms with Crippen LogP contribution in [0, 0.1) is 28.4 Å². The number of aryl methyl sites for hydroxylation is 1. The molecule has 3 heterocycles. The second-order valence-corrected chi connectivity index (χ2v) is 5.72. The Morgan fingerprint density at radius 1 is 1.23 bits per heavy atom. The van der Waals surface area contributed by atoms with Crippen LogP contribution in [0.2, 0.25) is 0 Å². The van der Waals surface area contributed by atoms with Gasteiger partial charge in [-0.1, -0.05) is 0 Å². The Hall–Kier alpha value is -3.99. The number of rotatable bonds is 2. The molecule has 4 rings (SSSR count). The summed E-state index contributed by atoms with van der Waals surface area (Å²) in [5.74, 6) is 0. The molecule has 0 bridgehead atoms. The molecule has 0 aliphatic carbocycles. The van der Waals surface area contributed by atoms with Crippen molar-refractivity contribution in [3.63, 3.8) is 0 Å². The van der Waals surface area contributed by atoms with Gasteiger partial charge in [0.05, 0.1) is 10.6 Å². The number of nitrogens with one attached hydrogen (secondary N) is 1. The molecule has 1 aromatic carbocycles. The lowest BCUT2D eigenvalue weighted by Gasteiger charge is -2.00. The van der Waals surface area contributed by atoms with Gasteiger partial charge >= 0.3 is 0 Å². The summed E-state index contributed by atoms with van der Waals surface area (Å²) in [6.45, 7) is 1.65. The van der Waals surface area contributed by atoms with Gasteiger partial charge in [-0.25, -0.2) is 4.98 Å². The van der Waals surface area contributed by atoms with Crippen LogP contribution in [0.3, 0.4) is 0 Å². The highest BCUT2D eigenvalue weighted by atomic mass is 16.6. The van der Waals surface area contributed by atoms with Crippen molar-refractivity contribution >= 4 is 27.9 Å². The van der Waals surface area contributed by atoms with Crippen molar-refractivity contribution in [1.29, 1.82) is 5.26 Å². The molecular formula is C18H10N4O4.